The molecule has 0 aliphatic carbocycles. The van der Waals surface area contributed by atoms with Gasteiger partial charge in [0, 0.05) is 6.07 Å². The number of ether oxygens (including phenoxy) is 2. The van der Waals surface area contributed by atoms with Crippen LogP contribution in [0.4, 0.5) is 26.3 Å². The van der Waals surface area contributed by atoms with E-state index < -0.39 is 46.5 Å². The van der Waals surface area contributed by atoms with Gasteiger partial charge in [-0.3, -0.25) is 0 Å². The van der Waals surface area contributed by atoms with Crippen molar-refractivity contribution in [1.82, 2.24) is 0 Å². The molecule has 0 aliphatic rings. The molecule has 0 saturated heterocycles. The smallest absolute Gasteiger partial charge is 0.478 e. The largest absolute Gasteiger partial charge is 0.501 e. The molecular formula is C21H12F6O8S2. The van der Waals surface area contributed by atoms with Crippen molar-refractivity contribution in [2.45, 2.75) is 20.8 Å². The monoisotopic (exact) mass is 570 g/mol. The SMILES string of the molecule is O=C(O)c1cc(Oc2ccc(S(=O)(=O)C(F)(F)F)cc2)cc(Oc2ccc(S(=O)(=O)C(F)(F)F)cc2)c1. The van der Waals surface area contributed by atoms with E-state index in [1.54, 1.807) is 0 Å². The van der Waals surface area contributed by atoms with Crippen LogP contribution < -0.4 is 9.47 Å². The van der Waals surface area contributed by atoms with Gasteiger partial charge in [-0.15, -0.1) is 0 Å². The molecule has 3 aromatic carbocycles. The molecule has 0 radical (unpaired) electrons. The lowest BCUT2D eigenvalue weighted by Gasteiger charge is -2.12. The molecule has 198 valence electrons. The topological polar surface area (TPSA) is 124 Å². The predicted molar refractivity (Wildman–Crippen MR) is 113 cm³/mol. The Kier molecular flexibility index (Phi) is 7.20. The maximum Gasteiger partial charge on any atom is 0.501 e. The lowest BCUT2D eigenvalue weighted by molar-refractivity contribution is -0.0442. The van der Waals surface area contributed by atoms with E-state index >= 15 is 0 Å². The van der Waals surface area contributed by atoms with Gasteiger partial charge in [-0.25, -0.2) is 21.6 Å². The molecule has 37 heavy (non-hydrogen) atoms. The van der Waals surface area contributed by atoms with Crippen LogP contribution in [-0.4, -0.2) is 38.9 Å². The summed E-state index contributed by atoms with van der Waals surface area (Å²) in [5.41, 5.74) is -11.4. The first-order valence-corrected chi connectivity index (χ1v) is 12.5. The summed E-state index contributed by atoms with van der Waals surface area (Å²) < 4.78 is 133. The van der Waals surface area contributed by atoms with Gasteiger partial charge in [0.25, 0.3) is 19.7 Å². The van der Waals surface area contributed by atoms with Crippen LogP contribution in [0, 0.1) is 0 Å². The van der Waals surface area contributed by atoms with E-state index in [4.69, 9.17) is 9.47 Å². The molecule has 0 unspecified atom stereocenters. The Morgan fingerprint density at radius 1 is 0.595 bits per heavy atom. The summed E-state index contributed by atoms with van der Waals surface area (Å²) in [6.45, 7) is 0. The summed E-state index contributed by atoms with van der Waals surface area (Å²) in [6, 6.07) is 9.24. The summed E-state index contributed by atoms with van der Waals surface area (Å²) in [6.07, 6.45) is 0. The van der Waals surface area contributed by atoms with Crippen LogP contribution >= 0.6 is 0 Å². The van der Waals surface area contributed by atoms with Crippen LogP contribution in [0.25, 0.3) is 0 Å². The first kappa shape index (κ1) is 27.8. The van der Waals surface area contributed by atoms with E-state index in [2.05, 4.69) is 0 Å². The second-order valence-electron chi connectivity index (χ2n) is 7.04. The molecule has 0 amide bonds. The van der Waals surface area contributed by atoms with Crippen molar-refractivity contribution in [3.05, 3.63) is 72.3 Å². The third-order valence-electron chi connectivity index (χ3n) is 4.48. The fraction of sp³-hybridized carbons (Fsp3) is 0.0952. The molecule has 0 aromatic heterocycles. The number of hydrogen-bond acceptors (Lipinski definition) is 7. The standard InChI is InChI=1S/C21H12F6O8S2/c22-20(23,24)36(30,31)17-5-1-13(2-6-17)34-15-9-12(19(28)29)10-16(11-15)35-14-3-7-18(8-4-14)37(32,33)21(25,26)27/h1-11H,(H,28,29). The molecule has 3 rings (SSSR count). The van der Waals surface area contributed by atoms with E-state index in [9.17, 15) is 53.1 Å². The molecule has 8 nitrogen and oxygen atoms in total. The Bertz CT molecular complexity index is 1420. The first-order valence-electron chi connectivity index (χ1n) is 9.49. The van der Waals surface area contributed by atoms with Gasteiger partial charge in [0.2, 0.25) is 0 Å². The van der Waals surface area contributed by atoms with Crippen molar-refractivity contribution >= 4 is 25.6 Å². The van der Waals surface area contributed by atoms with Gasteiger partial charge in [-0.2, -0.15) is 26.3 Å². The Labute approximate surface area is 204 Å². The van der Waals surface area contributed by atoms with E-state index in [0.29, 0.717) is 24.3 Å². The van der Waals surface area contributed by atoms with Crippen molar-refractivity contribution in [2.24, 2.45) is 0 Å². The molecule has 0 fully saturated rings. The first-order chi connectivity index (χ1) is 16.9. The summed E-state index contributed by atoms with van der Waals surface area (Å²) in [4.78, 5) is 9.35. The number of rotatable bonds is 7. The minimum atomic E-state index is -5.60. The summed E-state index contributed by atoms with van der Waals surface area (Å²) >= 11 is 0. The van der Waals surface area contributed by atoms with E-state index in [0.717, 1.165) is 42.5 Å². The Hall–Kier alpha value is -3.79. The number of halogens is 6. The summed E-state index contributed by atoms with van der Waals surface area (Å²) in [5.74, 6) is -2.21. The normalized spacial score (nSPS) is 12.7. The van der Waals surface area contributed by atoms with E-state index in [1.165, 1.54) is 0 Å². The molecule has 0 spiro atoms. The fourth-order valence-electron chi connectivity index (χ4n) is 2.73. The third-order valence-corrected chi connectivity index (χ3v) is 7.48. The van der Waals surface area contributed by atoms with Gasteiger partial charge in [-0.05, 0) is 60.7 Å². The van der Waals surface area contributed by atoms with E-state index in [-0.39, 0.29) is 28.6 Å². The van der Waals surface area contributed by atoms with Gasteiger partial charge >= 0.3 is 17.0 Å². The maximum absolute atomic E-state index is 12.7. The fourth-order valence-corrected chi connectivity index (χ4v) is 4.25. The number of carboxylic acids is 1. The molecule has 0 atom stereocenters. The number of carbonyl (C=O) groups is 1. The molecule has 3 aromatic rings. The van der Waals surface area contributed by atoms with Crippen LogP contribution in [0.5, 0.6) is 23.0 Å². The number of sulfone groups is 2. The zero-order chi connectivity index (χ0) is 27.8. The Morgan fingerprint density at radius 3 is 1.19 bits per heavy atom. The number of aromatic carboxylic acids is 1. The average Bonchev–Trinajstić information content (AvgIpc) is 2.78. The highest BCUT2D eigenvalue weighted by atomic mass is 32.2. The van der Waals surface area contributed by atoms with Gasteiger partial charge in [0.05, 0.1) is 15.4 Å². The lowest BCUT2D eigenvalue weighted by atomic mass is 10.2. The molecular weight excluding hydrogens is 558 g/mol. The van der Waals surface area contributed by atoms with Crippen molar-refractivity contribution in [1.29, 1.82) is 0 Å². The highest BCUT2D eigenvalue weighted by Gasteiger charge is 2.47. The highest BCUT2D eigenvalue weighted by Crippen LogP contribution is 2.35. The average molecular weight is 570 g/mol. The Balaban J connectivity index is 1.87. The van der Waals surface area contributed by atoms with Gasteiger partial charge in [0.1, 0.15) is 23.0 Å². The quantitative estimate of drug-likeness (QED) is 0.367. The predicted octanol–water partition coefficient (Wildman–Crippen LogP) is 5.56. The van der Waals surface area contributed by atoms with Crippen LogP contribution in [0.1, 0.15) is 10.4 Å². The van der Waals surface area contributed by atoms with Gasteiger partial charge in [-0.1, -0.05) is 0 Å². The number of benzene rings is 3. The van der Waals surface area contributed by atoms with Crippen molar-refractivity contribution in [2.75, 3.05) is 0 Å². The number of hydrogen-bond donors (Lipinski definition) is 1. The Morgan fingerprint density at radius 2 is 0.919 bits per heavy atom. The molecule has 0 heterocycles. The van der Waals surface area contributed by atoms with E-state index in [1.807, 2.05) is 0 Å². The zero-order valence-electron chi connectivity index (χ0n) is 17.7. The van der Waals surface area contributed by atoms with Crippen LogP contribution in [0.2, 0.25) is 0 Å². The molecule has 16 heteroatoms. The van der Waals surface area contributed by atoms with Crippen LogP contribution in [0.3, 0.4) is 0 Å². The van der Waals surface area contributed by atoms with Gasteiger partial charge in [0.15, 0.2) is 0 Å². The van der Waals surface area contributed by atoms with Crippen molar-refractivity contribution < 1.29 is 62.6 Å². The summed E-state index contributed by atoms with van der Waals surface area (Å²) in [5, 5.41) is 9.31. The minimum absolute atomic E-state index is 0.170. The second kappa shape index (κ2) is 9.59. The van der Waals surface area contributed by atoms with Gasteiger partial charge < -0.3 is 14.6 Å². The second-order valence-corrected chi connectivity index (χ2v) is 10.9. The highest BCUT2D eigenvalue weighted by molar-refractivity contribution is 7.92. The zero-order valence-corrected chi connectivity index (χ0v) is 19.4. The number of alkyl halides is 6. The molecule has 0 aliphatic heterocycles. The summed E-state index contributed by atoms with van der Waals surface area (Å²) in [7, 11) is -11.2. The molecule has 1 N–H and O–H groups in total. The van der Waals surface area contributed by atoms with Crippen LogP contribution in [-0.2, 0) is 19.7 Å². The van der Waals surface area contributed by atoms with Crippen molar-refractivity contribution in [3.63, 3.8) is 0 Å². The molecule has 0 bridgehead atoms. The van der Waals surface area contributed by atoms with Crippen LogP contribution in [0.15, 0.2) is 76.5 Å². The lowest BCUT2D eigenvalue weighted by Crippen LogP contribution is -2.23. The molecule has 0 saturated carbocycles. The maximum atomic E-state index is 12.7. The minimum Gasteiger partial charge on any atom is -0.478 e. The number of carboxylic acid groups (broad SMARTS) is 1. The van der Waals surface area contributed by atoms with Crippen molar-refractivity contribution in [3.8, 4) is 23.0 Å². The third kappa shape index (κ3) is 5.96.